The summed E-state index contributed by atoms with van der Waals surface area (Å²) >= 11 is 3.29. The molecule has 1 aliphatic rings. The number of hydrogen-bond donors (Lipinski definition) is 1. The van der Waals surface area contributed by atoms with Crippen LogP contribution in [0.2, 0.25) is 0 Å². The van der Waals surface area contributed by atoms with Gasteiger partial charge in [0, 0.05) is 17.8 Å². The van der Waals surface area contributed by atoms with Crippen LogP contribution in [0.15, 0.2) is 0 Å². The first-order valence-electron chi connectivity index (χ1n) is 5.63. The molecule has 2 unspecified atom stereocenters. The first-order chi connectivity index (χ1) is 6.77. The molecule has 0 aliphatic heterocycles. The Kier molecular flexibility index (Phi) is 5.53. The number of carbonyl (C=O) groups is 1. The van der Waals surface area contributed by atoms with E-state index < -0.39 is 0 Å². The lowest BCUT2D eigenvalue weighted by molar-refractivity contribution is -0.122. The third-order valence-corrected chi connectivity index (χ3v) is 3.50. The number of carbonyl (C=O) groups excluding carboxylic acids is 1. The van der Waals surface area contributed by atoms with E-state index >= 15 is 0 Å². The van der Waals surface area contributed by atoms with Crippen molar-refractivity contribution in [2.45, 2.75) is 51.5 Å². The second-order valence-electron chi connectivity index (χ2n) is 4.07. The van der Waals surface area contributed by atoms with E-state index in [9.17, 15) is 4.79 Å². The molecule has 0 aromatic carbocycles. The summed E-state index contributed by atoms with van der Waals surface area (Å²) in [4.78, 5) is 11.4. The van der Waals surface area contributed by atoms with Crippen LogP contribution < -0.4 is 5.32 Å². The Labute approximate surface area is 95.0 Å². The smallest absolute Gasteiger partial charge is 0.221 e. The summed E-state index contributed by atoms with van der Waals surface area (Å²) in [5.41, 5.74) is 0. The van der Waals surface area contributed by atoms with Gasteiger partial charge in [0.15, 0.2) is 0 Å². The summed E-state index contributed by atoms with van der Waals surface area (Å²) in [6.07, 6.45) is 6.87. The zero-order valence-corrected chi connectivity index (χ0v) is 10.5. The van der Waals surface area contributed by atoms with E-state index in [0.29, 0.717) is 18.4 Å². The topological polar surface area (TPSA) is 29.1 Å². The predicted molar refractivity (Wildman–Crippen MR) is 62.6 cm³/mol. The average Bonchev–Trinajstić information content (AvgIpc) is 2.19. The van der Waals surface area contributed by atoms with Gasteiger partial charge in [0.25, 0.3) is 0 Å². The van der Waals surface area contributed by atoms with Crippen LogP contribution in [0, 0.1) is 5.92 Å². The summed E-state index contributed by atoms with van der Waals surface area (Å²) in [6, 6.07) is 0.445. The van der Waals surface area contributed by atoms with Gasteiger partial charge in [0.05, 0.1) is 0 Å². The largest absolute Gasteiger partial charge is 0.353 e. The first kappa shape index (κ1) is 12.0. The minimum absolute atomic E-state index is 0.201. The highest BCUT2D eigenvalue weighted by molar-refractivity contribution is 9.09. The highest BCUT2D eigenvalue weighted by Crippen LogP contribution is 2.26. The van der Waals surface area contributed by atoms with Crippen molar-refractivity contribution in [3.05, 3.63) is 0 Å². The molecule has 3 heteroatoms. The SMILES string of the molecule is CCC1CCCCC1NC(=O)CCBr. The molecule has 1 rings (SSSR count). The van der Waals surface area contributed by atoms with E-state index in [1.54, 1.807) is 0 Å². The van der Waals surface area contributed by atoms with Gasteiger partial charge in [-0.25, -0.2) is 0 Å². The summed E-state index contributed by atoms with van der Waals surface area (Å²) in [6.45, 7) is 2.22. The molecule has 2 nitrogen and oxygen atoms in total. The summed E-state index contributed by atoms with van der Waals surface area (Å²) in [7, 11) is 0. The van der Waals surface area contributed by atoms with Gasteiger partial charge in [-0.1, -0.05) is 42.1 Å². The maximum Gasteiger partial charge on any atom is 0.221 e. The molecule has 82 valence electrons. The lowest BCUT2D eigenvalue weighted by Crippen LogP contribution is -2.41. The second-order valence-corrected chi connectivity index (χ2v) is 4.86. The van der Waals surface area contributed by atoms with Crippen LogP contribution >= 0.6 is 15.9 Å². The Bertz CT molecular complexity index is 184. The van der Waals surface area contributed by atoms with Crippen LogP contribution in [0.25, 0.3) is 0 Å². The second kappa shape index (κ2) is 6.44. The normalized spacial score (nSPS) is 27.3. The molecule has 0 bridgehead atoms. The van der Waals surface area contributed by atoms with E-state index in [2.05, 4.69) is 28.2 Å². The van der Waals surface area contributed by atoms with Crippen molar-refractivity contribution in [2.75, 3.05) is 5.33 Å². The fourth-order valence-electron chi connectivity index (χ4n) is 2.25. The summed E-state index contributed by atoms with van der Waals surface area (Å²) < 4.78 is 0. The Morgan fingerprint density at radius 1 is 1.43 bits per heavy atom. The number of halogens is 1. The lowest BCUT2D eigenvalue weighted by Gasteiger charge is -2.31. The Morgan fingerprint density at radius 3 is 2.79 bits per heavy atom. The fraction of sp³-hybridized carbons (Fsp3) is 0.909. The van der Waals surface area contributed by atoms with Gasteiger partial charge in [-0.2, -0.15) is 0 Å². The number of hydrogen-bond acceptors (Lipinski definition) is 1. The maximum atomic E-state index is 11.4. The monoisotopic (exact) mass is 261 g/mol. The van der Waals surface area contributed by atoms with E-state index in [1.165, 1.54) is 32.1 Å². The molecule has 1 amide bonds. The molecule has 0 spiro atoms. The zero-order valence-electron chi connectivity index (χ0n) is 8.89. The number of amides is 1. The van der Waals surface area contributed by atoms with E-state index in [1.807, 2.05) is 0 Å². The number of alkyl halides is 1. The van der Waals surface area contributed by atoms with Gasteiger partial charge in [-0.15, -0.1) is 0 Å². The van der Waals surface area contributed by atoms with E-state index in [4.69, 9.17) is 0 Å². The molecular formula is C11H20BrNO. The number of rotatable bonds is 4. The average molecular weight is 262 g/mol. The van der Waals surface area contributed by atoms with Crippen molar-refractivity contribution < 1.29 is 4.79 Å². The molecule has 0 radical (unpaired) electrons. The molecule has 14 heavy (non-hydrogen) atoms. The fourth-order valence-corrected chi connectivity index (χ4v) is 2.61. The number of nitrogens with one attached hydrogen (secondary N) is 1. The predicted octanol–water partition coefficient (Wildman–Crippen LogP) is 2.86. The van der Waals surface area contributed by atoms with Crippen LogP contribution in [0.5, 0.6) is 0 Å². The highest BCUT2D eigenvalue weighted by atomic mass is 79.9. The molecule has 0 aromatic rings. The molecule has 0 aromatic heterocycles. The van der Waals surface area contributed by atoms with Gasteiger partial charge in [-0.05, 0) is 18.8 Å². The van der Waals surface area contributed by atoms with Gasteiger partial charge in [0.1, 0.15) is 0 Å². The molecule has 1 fully saturated rings. The third-order valence-electron chi connectivity index (χ3n) is 3.10. The molecule has 0 saturated heterocycles. The van der Waals surface area contributed by atoms with Crippen molar-refractivity contribution in [3.8, 4) is 0 Å². The molecule has 1 saturated carbocycles. The minimum Gasteiger partial charge on any atom is -0.353 e. The summed E-state index contributed by atoms with van der Waals surface area (Å²) in [5, 5.41) is 3.92. The standard InChI is InChI=1S/C11H20BrNO/c1-2-9-5-3-4-6-10(9)13-11(14)7-8-12/h9-10H,2-8H2,1H3,(H,13,14). The molecule has 0 heterocycles. The Balaban J connectivity index is 2.36. The Hall–Kier alpha value is -0.0500. The molecule has 1 aliphatic carbocycles. The third kappa shape index (κ3) is 3.60. The van der Waals surface area contributed by atoms with E-state index in [0.717, 1.165) is 5.33 Å². The van der Waals surface area contributed by atoms with Crippen molar-refractivity contribution in [2.24, 2.45) is 5.92 Å². The van der Waals surface area contributed by atoms with Crippen LogP contribution in [0.1, 0.15) is 45.4 Å². The van der Waals surface area contributed by atoms with Crippen LogP contribution in [-0.2, 0) is 4.79 Å². The van der Waals surface area contributed by atoms with Gasteiger partial charge in [0.2, 0.25) is 5.91 Å². The van der Waals surface area contributed by atoms with E-state index in [-0.39, 0.29) is 5.91 Å². The van der Waals surface area contributed by atoms with Crippen LogP contribution in [-0.4, -0.2) is 17.3 Å². The van der Waals surface area contributed by atoms with Crippen molar-refractivity contribution >= 4 is 21.8 Å². The molecule has 2 atom stereocenters. The maximum absolute atomic E-state index is 11.4. The Morgan fingerprint density at radius 2 is 2.14 bits per heavy atom. The zero-order chi connectivity index (χ0) is 10.4. The van der Waals surface area contributed by atoms with Gasteiger partial charge >= 0.3 is 0 Å². The molecule has 1 N–H and O–H groups in total. The van der Waals surface area contributed by atoms with Crippen molar-refractivity contribution in [3.63, 3.8) is 0 Å². The minimum atomic E-state index is 0.201. The van der Waals surface area contributed by atoms with Crippen molar-refractivity contribution in [1.82, 2.24) is 5.32 Å². The van der Waals surface area contributed by atoms with Gasteiger partial charge in [-0.3, -0.25) is 4.79 Å². The lowest BCUT2D eigenvalue weighted by atomic mass is 9.83. The van der Waals surface area contributed by atoms with Crippen LogP contribution in [0.3, 0.4) is 0 Å². The van der Waals surface area contributed by atoms with Gasteiger partial charge < -0.3 is 5.32 Å². The van der Waals surface area contributed by atoms with Crippen molar-refractivity contribution in [1.29, 1.82) is 0 Å². The van der Waals surface area contributed by atoms with Crippen LogP contribution in [0.4, 0.5) is 0 Å². The molecular weight excluding hydrogens is 242 g/mol. The summed E-state index contributed by atoms with van der Waals surface area (Å²) in [5.74, 6) is 0.912. The quantitative estimate of drug-likeness (QED) is 0.775. The highest BCUT2D eigenvalue weighted by Gasteiger charge is 2.24. The first-order valence-corrected chi connectivity index (χ1v) is 6.75.